The van der Waals surface area contributed by atoms with E-state index in [-0.39, 0.29) is 5.91 Å². The standard InChI is InChI=1S/C15H16ClN3O2/c1-3-21-14-5-4-11(7-13(14)16)19-15(20)12-6-10(17)8-18-9(12)2/h4-8H,3,17H2,1-2H3,(H,19,20). The molecule has 0 aliphatic carbocycles. The van der Waals surface area contributed by atoms with Gasteiger partial charge in [0.05, 0.1) is 34.8 Å². The first kappa shape index (κ1) is 15.1. The summed E-state index contributed by atoms with van der Waals surface area (Å²) in [5.74, 6) is 0.298. The van der Waals surface area contributed by atoms with Crippen LogP contribution in [-0.4, -0.2) is 17.5 Å². The number of ether oxygens (including phenoxy) is 1. The van der Waals surface area contributed by atoms with Gasteiger partial charge < -0.3 is 15.8 Å². The number of halogens is 1. The van der Waals surface area contributed by atoms with Crippen molar-refractivity contribution >= 4 is 28.9 Å². The Balaban J connectivity index is 2.19. The molecule has 0 radical (unpaired) electrons. The van der Waals surface area contributed by atoms with Gasteiger partial charge in [-0.05, 0) is 38.1 Å². The van der Waals surface area contributed by atoms with E-state index in [0.29, 0.717) is 40.0 Å². The Hall–Kier alpha value is -2.27. The van der Waals surface area contributed by atoms with Crippen LogP contribution in [-0.2, 0) is 0 Å². The fourth-order valence-electron chi connectivity index (χ4n) is 1.83. The fraction of sp³-hybridized carbons (Fsp3) is 0.200. The van der Waals surface area contributed by atoms with Crippen molar-refractivity contribution in [1.82, 2.24) is 4.98 Å². The van der Waals surface area contributed by atoms with Crippen LogP contribution in [0.5, 0.6) is 5.75 Å². The Morgan fingerprint density at radius 1 is 1.43 bits per heavy atom. The number of carbonyl (C=O) groups is 1. The molecule has 1 aromatic carbocycles. The van der Waals surface area contributed by atoms with Gasteiger partial charge >= 0.3 is 0 Å². The number of nitrogen functional groups attached to an aromatic ring is 1. The number of carbonyl (C=O) groups excluding carboxylic acids is 1. The molecule has 1 aromatic heterocycles. The normalized spacial score (nSPS) is 10.2. The number of benzene rings is 1. The number of rotatable bonds is 4. The number of aromatic nitrogens is 1. The smallest absolute Gasteiger partial charge is 0.257 e. The zero-order chi connectivity index (χ0) is 15.4. The summed E-state index contributed by atoms with van der Waals surface area (Å²) in [7, 11) is 0. The summed E-state index contributed by atoms with van der Waals surface area (Å²) in [6.45, 7) is 4.15. The first-order valence-electron chi connectivity index (χ1n) is 6.47. The van der Waals surface area contributed by atoms with E-state index in [2.05, 4.69) is 10.3 Å². The third kappa shape index (κ3) is 3.64. The molecule has 2 rings (SSSR count). The van der Waals surface area contributed by atoms with Crippen LogP contribution in [0, 0.1) is 6.92 Å². The van der Waals surface area contributed by atoms with Crippen molar-refractivity contribution in [3.63, 3.8) is 0 Å². The minimum Gasteiger partial charge on any atom is -0.492 e. The lowest BCUT2D eigenvalue weighted by Crippen LogP contribution is -2.14. The maximum Gasteiger partial charge on any atom is 0.257 e. The molecule has 2 aromatic rings. The number of hydrogen-bond acceptors (Lipinski definition) is 4. The molecule has 110 valence electrons. The minimum atomic E-state index is -0.285. The average molecular weight is 306 g/mol. The summed E-state index contributed by atoms with van der Waals surface area (Å²) in [4.78, 5) is 16.3. The summed E-state index contributed by atoms with van der Waals surface area (Å²) >= 11 is 6.09. The van der Waals surface area contributed by atoms with Crippen LogP contribution in [0.4, 0.5) is 11.4 Å². The van der Waals surface area contributed by atoms with Gasteiger partial charge in [-0.3, -0.25) is 9.78 Å². The molecule has 0 atom stereocenters. The number of anilines is 2. The molecule has 21 heavy (non-hydrogen) atoms. The predicted octanol–water partition coefficient (Wildman–Crippen LogP) is 3.28. The topological polar surface area (TPSA) is 77.2 Å². The minimum absolute atomic E-state index is 0.285. The van der Waals surface area contributed by atoms with Crippen molar-refractivity contribution in [2.45, 2.75) is 13.8 Å². The van der Waals surface area contributed by atoms with Gasteiger partial charge in [-0.2, -0.15) is 0 Å². The maximum atomic E-state index is 12.2. The summed E-state index contributed by atoms with van der Waals surface area (Å²) in [6.07, 6.45) is 1.51. The predicted molar refractivity (Wildman–Crippen MR) is 84.0 cm³/mol. The lowest BCUT2D eigenvalue weighted by molar-refractivity contribution is 0.102. The van der Waals surface area contributed by atoms with Crippen LogP contribution in [0.2, 0.25) is 5.02 Å². The van der Waals surface area contributed by atoms with Crippen LogP contribution in [0.3, 0.4) is 0 Å². The van der Waals surface area contributed by atoms with Crippen molar-refractivity contribution < 1.29 is 9.53 Å². The molecule has 0 unspecified atom stereocenters. The van der Waals surface area contributed by atoms with Gasteiger partial charge in [-0.25, -0.2) is 0 Å². The van der Waals surface area contributed by atoms with Crippen molar-refractivity contribution in [2.75, 3.05) is 17.7 Å². The first-order chi connectivity index (χ1) is 10.0. The number of pyridine rings is 1. The Bertz CT molecular complexity index is 674. The Morgan fingerprint density at radius 3 is 2.86 bits per heavy atom. The van der Waals surface area contributed by atoms with E-state index in [4.69, 9.17) is 22.1 Å². The van der Waals surface area contributed by atoms with Crippen LogP contribution in [0.1, 0.15) is 23.0 Å². The lowest BCUT2D eigenvalue weighted by Gasteiger charge is -2.10. The van der Waals surface area contributed by atoms with Crippen molar-refractivity contribution in [1.29, 1.82) is 0 Å². The van der Waals surface area contributed by atoms with Gasteiger partial charge in [0.1, 0.15) is 5.75 Å². The second-order valence-electron chi connectivity index (χ2n) is 4.43. The SMILES string of the molecule is CCOc1ccc(NC(=O)c2cc(N)cnc2C)cc1Cl. The quantitative estimate of drug-likeness (QED) is 0.908. The van der Waals surface area contributed by atoms with Crippen LogP contribution < -0.4 is 15.8 Å². The highest BCUT2D eigenvalue weighted by Gasteiger charge is 2.12. The van der Waals surface area contributed by atoms with Crippen molar-refractivity contribution in [3.05, 3.63) is 46.7 Å². The monoisotopic (exact) mass is 305 g/mol. The second kappa shape index (κ2) is 6.45. The summed E-state index contributed by atoms with van der Waals surface area (Å²) in [5.41, 5.74) is 7.72. The largest absolute Gasteiger partial charge is 0.492 e. The molecule has 0 saturated heterocycles. The molecule has 0 bridgehead atoms. The molecule has 0 aliphatic heterocycles. The Labute approximate surface area is 128 Å². The fourth-order valence-corrected chi connectivity index (χ4v) is 2.06. The third-order valence-corrected chi connectivity index (χ3v) is 3.14. The maximum absolute atomic E-state index is 12.2. The molecule has 6 heteroatoms. The van der Waals surface area contributed by atoms with Crippen molar-refractivity contribution in [2.24, 2.45) is 0 Å². The number of hydrogen-bond donors (Lipinski definition) is 2. The lowest BCUT2D eigenvalue weighted by atomic mass is 10.1. The molecule has 1 heterocycles. The number of nitrogens with two attached hydrogens (primary N) is 1. The third-order valence-electron chi connectivity index (χ3n) is 2.84. The molecule has 1 amide bonds. The summed E-state index contributed by atoms with van der Waals surface area (Å²) in [6, 6.07) is 6.67. The highest BCUT2D eigenvalue weighted by atomic mass is 35.5. The molecule has 0 aliphatic rings. The van der Waals surface area contributed by atoms with Gasteiger partial charge in [0.25, 0.3) is 5.91 Å². The van der Waals surface area contributed by atoms with Gasteiger partial charge in [0, 0.05) is 5.69 Å². The van der Waals surface area contributed by atoms with Gasteiger partial charge in [-0.1, -0.05) is 11.6 Å². The van der Waals surface area contributed by atoms with E-state index in [1.807, 2.05) is 6.92 Å². The van der Waals surface area contributed by atoms with E-state index in [1.54, 1.807) is 31.2 Å². The highest BCUT2D eigenvalue weighted by Crippen LogP contribution is 2.28. The molecule has 0 spiro atoms. The number of nitrogens with zero attached hydrogens (tertiary/aromatic N) is 1. The van der Waals surface area contributed by atoms with E-state index in [9.17, 15) is 4.79 Å². The Morgan fingerprint density at radius 2 is 2.19 bits per heavy atom. The molecule has 0 saturated carbocycles. The Kier molecular flexibility index (Phi) is 4.65. The average Bonchev–Trinajstić information content (AvgIpc) is 2.44. The first-order valence-corrected chi connectivity index (χ1v) is 6.85. The van der Waals surface area contributed by atoms with E-state index in [0.717, 1.165) is 0 Å². The van der Waals surface area contributed by atoms with E-state index >= 15 is 0 Å². The molecule has 3 N–H and O–H groups in total. The van der Waals surface area contributed by atoms with Gasteiger partial charge in [0.15, 0.2) is 0 Å². The van der Waals surface area contributed by atoms with Gasteiger partial charge in [-0.15, -0.1) is 0 Å². The second-order valence-corrected chi connectivity index (χ2v) is 4.84. The zero-order valence-electron chi connectivity index (χ0n) is 11.8. The van der Waals surface area contributed by atoms with Crippen LogP contribution in [0.15, 0.2) is 30.5 Å². The number of nitrogens with one attached hydrogen (secondary N) is 1. The molecular formula is C15H16ClN3O2. The highest BCUT2D eigenvalue weighted by molar-refractivity contribution is 6.32. The van der Waals surface area contributed by atoms with E-state index < -0.39 is 0 Å². The van der Waals surface area contributed by atoms with Crippen LogP contribution in [0.25, 0.3) is 0 Å². The number of amides is 1. The van der Waals surface area contributed by atoms with Gasteiger partial charge in [0.2, 0.25) is 0 Å². The van der Waals surface area contributed by atoms with Crippen LogP contribution >= 0.6 is 11.6 Å². The molecular weight excluding hydrogens is 290 g/mol. The molecule has 5 nitrogen and oxygen atoms in total. The summed E-state index contributed by atoms with van der Waals surface area (Å²) < 4.78 is 5.34. The zero-order valence-corrected chi connectivity index (χ0v) is 12.6. The number of aryl methyl sites for hydroxylation is 1. The summed E-state index contributed by atoms with van der Waals surface area (Å²) in [5, 5.41) is 3.20. The van der Waals surface area contributed by atoms with E-state index in [1.165, 1.54) is 6.20 Å². The molecule has 0 fully saturated rings. The van der Waals surface area contributed by atoms with Crippen molar-refractivity contribution in [3.8, 4) is 5.75 Å².